The van der Waals surface area contributed by atoms with Gasteiger partial charge in [-0.05, 0) is 0 Å². The van der Waals surface area contributed by atoms with E-state index < -0.39 is 88.3 Å². The molecule has 0 rings (SSSR count). The van der Waals surface area contributed by atoms with Gasteiger partial charge in [-0.1, -0.05) is 0 Å². The van der Waals surface area contributed by atoms with Crippen molar-refractivity contribution in [3.8, 4) is 0 Å². The molecule has 4 N–H and O–H groups in total. The van der Waals surface area contributed by atoms with E-state index in [-0.39, 0.29) is 59.1 Å². The van der Waals surface area contributed by atoms with Crippen molar-refractivity contribution in [1.82, 2.24) is 0 Å². The van der Waals surface area contributed by atoms with Crippen molar-refractivity contribution in [1.29, 1.82) is 0 Å². The van der Waals surface area contributed by atoms with Crippen molar-refractivity contribution in [2.75, 3.05) is 0 Å². The molecule has 34 heavy (non-hydrogen) atoms. The van der Waals surface area contributed by atoms with Crippen LogP contribution in [0.4, 0.5) is 0 Å². The van der Waals surface area contributed by atoms with Gasteiger partial charge in [0.2, 0.25) is 0 Å². The summed E-state index contributed by atoms with van der Waals surface area (Å²) in [4.78, 5) is 41.5. The van der Waals surface area contributed by atoms with Crippen LogP contribution >= 0.6 is 0 Å². The van der Waals surface area contributed by atoms with Crippen LogP contribution in [-0.4, -0.2) is 86.3 Å². The van der Waals surface area contributed by atoms with E-state index >= 15 is 0 Å². The summed E-state index contributed by atoms with van der Waals surface area (Å²) in [5.41, 5.74) is 0. The molecule has 0 saturated heterocycles. The third-order valence-electron chi connectivity index (χ3n) is 2.32. The molecule has 0 spiro atoms. The van der Waals surface area contributed by atoms with Gasteiger partial charge in [0.1, 0.15) is 0 Å². The molecular weight excluding hydrogens is 590 g/mol. The number of carbonyl (C=O) groups is 4. The summed E-state index contributed by atoms with van der Waals surface area (Å²) < 4.78 is 121. The van der Waals surface area contributed by atoms with Gasteiger partial charge in [-0.2, -0.15) is 33.7 Å². The fraction of sp³-hybridized carbons (Fsp3) is 0.500. The second kappa shape index (κ2) is 15.6. The SMILES string of the molecule is O=C([O-])CC(C(=O)OS(=O)(=O)O)S(=O)(=O)O.O=C([O-])CC(C(=O)OS(=O)(=O)O)S(=O)(=O)O.[Na+].[Na+]. The van der Waals surface area contributed by atoms with E-state index in [2.05, 4.69) is 8.37 Å². The van der Waals surface area contributed by atoms with Gasteiger partial charge < -0.3 is 28.2 Å². The summed E-state index contributed by atoms with van der Waals surface area (Å²) >= 11 is 0. The van der Waals surface area contributed by atoms with Gasteiger partial charge in [-0.25, -0.2) is 9.59 Å². The molecule has 0 aromatic carbocycles. The van der Waals surface area contributed by atoms with E-state index in [0.717, 1.165) is 0 Å². The Morgan fingerprint density at radius 3 is 0.912 bits per heavy atom. The van der Waals surface area contributed by atoms with Crippen LogP contribution in [0.25, 0.3) is 0 Å². The zero-order valence-corrected chi connectivity index (χ0v) is 23.8. The Hall–Kier alpha value is -0.480. The van der Waals surface area contributed by atoms with Crippen LogP contribution in [0.5, 0.6) is 0 Å². The van der Waals surface area contributed by atoms with Gasteiger partial charge in [0.25, 0.3) is 20.2 Å². The van der Waals surface area contributed by atoms with Crippen molar-refractivity contribution in [2.24, 2.45) is 0 Å². The predicted molar refractivity (Wildman–Crippen MR) is 85.2 cm³/mol. The maximum Gasteiger partial charge on any atom is 1.00 e. The molecule has 0 radical (unpaired) electrons. The minimum atomic E-state index is -5.30. The first-order chi connectivity index (χ1) is 13.9. The second-order valence-corrected chi connectivity index (χ2v) is 10.1. The summed E-state index contributed by atoms with van der Waals surface area (Å²) in [6.07, 6.45) is -3.04. The molecule has 0 aromatic rings. The third kappa shape index (κ3) is 20.9. The first kappa shape index (κ1) is 40.7. The van der Waals surface area contributed by atoms with E-state index in [9.17, 15) is 63.1 Å². The smallest absolute Gasteiger partial charge is 0.550 e. The molecular formula is C8H10Na2O20S4. The number of hydrogen-bond acceptors (Lipinski definition) is 16. The largest absolute Gasteiger partial charge is 1.00 e. The number of hydrogen-bond donors (Lipinski definition) is 4. The third-order valence-corrected chi connectivity index (χ3v) is 5.23. The first-order valence-corrected chi connectivity index (χ1v) is 12.3. The molecule has 20 nitrogen and oxygen atoms in total. The average Bonchev–Trinajstić information content (AvgIpc) is 2.44. The minimum absolute atomic E-state index is 0. The summed E-state index contributed by atoms with van der Waals surface area (Å²) in [6, 6.07) is 0. The van der Waals surface area contributed by atoms with Gasteiger partial charge >= 0.3 is 91.9 Å². The Labute approximate surface area is 235 Å². The number of carboxylic acids is 2. The van der Waals surface area contributed by atoms with Crippen molar-refractivity contribution in [2.45, 2.75) is 23.3 Å². The Morgan fingerprint density at radius 1 is 0.588 bits per heavy atom. The molecule has 0 aliphatic heterocycles. The van der Waals surface area contributed by atoms with Gasteiger partial charge in [0, 0.05) is 24.8 Å². The van der Waals surface area contributed by atoms with Crippen molar-refractivity contribution in [3.05, 3.63) is 0 Å². The van der Waals surface area contributed by atoms with Crippen molar-refractivity contribution < 1.29 is 149 Å². The van der Waals surface area contributed by atoms with Crippen LogP contribution in [0, 0.1) is 0 Å². The predicted octanol–water partition coefficient (Wildman–Crippen LogP) is -12.5. The maximum absolute atomic E-state index is 10.7. The zero-order valence-electron chi connectivity index (χ0n) is 16.5. The number of rotatable bonds is 10. The molecule has 0 fully saturated rings. The van der Waals surface area contributed by atoms with Gasteiger partial charge in [-0.15, -0.1) is 0 Å². The summed E-state index contributed by atoms with van der Waals surface area (Å²) in [5.74, 6) is -8.41. The Kier molecular flexibility index (Phi) is 18.7. The van der Waals surface area contributed by atoms with E-state index in [1.165, 1.54) is 0 Å². The number of carboxylic acid groups (broad SMARTS) is 2. The Bertz CT molecular complexity index is 1070. The maximum atomic E-state index is 10.7. The minimum Gasteiger partial charge on any atom is -0.550 e. The Balaban J connectivity index is -0.000000250. The van der Waals surface area contributed by atoms with Crippen molar-refractivity contribution >= 4 is 64.9 Å². The summed E-state index contributed by atoms with van der Waals surface area (Å²) in [6.45, 7) is 0. The molecule has 26 heteroatoms. The van der Waals surface area contributed by atoms with Gasteiger partial charge in [0.15, 0.2) is 10.5 Å². The molecule has 0 saturated carbocycles. The Morgan fingerprint density at radius 2 is 0.794 bits per heavy atom. The average molecular weight is 600 g/mol. The van der Waals surface area contributed by atoms with Crippen molar-refractivity contribution in [3.63, 3.8) is 0 Å². The number of aliphatic carboxylic acids is 2. The molecule has 0 aliphatic carbocycles. The van der Waals surface area contributed by atoms with Gasteiger partial charge in [-0.3, -0.25) is 18.2 Å². The van der Waals surface area contributed by atoms with E-state index in [1.807, 2.05) is 0 Å². The molecule has 0 heterocycles. The summed E-state index contributed by atoms with van der Waals surface area (Å²) in [7, 11) is -21.0. The summed E-state index contributed by atoms with van der Waals surface area (Å²) in [5, 5.41) is 14.7. The second-order valence-electron chi connectivity index (χ2n) is 4.82. The van der Waals surface area contributed by atoms with Crippen LogP contribution in [-0.2, 0) is 68.6 Å². The standard InChI is InChI=1S/2C4H6O10S2.2Na/c2*5-3(6)1-2(15(8,9)10)4(7)14-16(11,12)13;;/h2*2H,1H2,(H,5,6)(H,8,9,10)(H,11,12,13);;/q;;2*+1/p-2. The van der Waals surface area contributed by atoms with E-state index in [4.69, 9.17) is 18.2 Å². The molecule has 0 amide bonds. The molecule has 0 aromatic heterocycles. The molecule has 2 atom stereocenters. The van der Waals surface area contributed by atoms with Gasteiger partial charge in [0.05, 0.1) is 0 Å². The van der Waals surface area contributed by atoms with Crippen LogP contribution in [0.1, 0.15) is 12.8 Å². The quantitative estimate of drug-likeness (QED) is 0.133. The normalized spacial score (nSPS) is 13.3. The number of carbonyl (C=O) groups excluding carboxylic acids is 4. The van der Waals surface area contributed by atoms with E-state index in [0.29, 0.717) is 0 Å². The molecule has 0 aliphatic rings. The zero-order chi connectivity index (χ0) is 26.3. The van der Waals surface area contributed by atoms with Crippen LogP contribution in [0.2, 0.25) is 0 Å². The fourth-order valence-corrected chi connectivity index (χ4v) is 3.28. The monoisotopic (exact) mass is 600 g/mol. The molecule has 2 unspecified atom stereocenters. The fourth-order valence-electron chi connectivity index (χ4n) is 1.24. The first-order valence-electron chi connectivity index (χ1n) is 6.60. The van der Waals surface area contributed by atoms with E-state index in [1.54, 1.807) is 0 Å². The van der Waals surface area contributed by atoms with Crippen LogP contribution in [0.3, 0.4) is 0 Å². The molecule has 188 valence electrons. The molecule has 0 bridgehead atoms. The van der Waals surface area contributed by atoms with Crippen LogP contribution < -0.4 is 69.3 Å². The van der Waals surface area contributed by atoms with Crippen LogP contribution in [0.15, 0.2) is 0 Å². The topological polar surface area (TPSA) is 350 Å².